The molecule has 27 heavy (non-hydrogen) atoms. The van der Waals surface area contributed by atoms with Gasteiger partial charge in [-0.25, -0.2) is 8.42 Å². The van der Waals surface area contributed by atoms with Crippen LogP contribution in [0, 0.1) is 5.92 Å². The molecule has 0 spiro atoms. The van der Waals surface area contributed by atoms with Crippen molar-refractivity contribution >= 4 is 50.8 Å². The molecule has 0 aliphatic carbocycles. The topological polar surface area (TPSA) is 104 Å². The molecule has 2 atom stereocenters. The maximum Gasteiger partial charge on any atom is 0.310 e. The number of amides is 1. The number of nitrogens with one attached hydrogen (secondary N) is 1. The van der Waals surface area contributed by atoms with Crippen LogP contribution < -0.4 is 9.62 Å². The van der Waals surface area contributed by atoms with E-state index < -0.39 is 33.9 Å². The Hall–Kier alpha value is -2.13. The molecule has 2 N–H and O–H groups in total. The Balaban J connectivity index is 1.92. The van der Waals surface area contributed by atoms with Crippen molar-refractivity contribution in [1.29, 1.82) is 0 Å². The molecule has 142 valence electrons. The second kappa shape index (κ2) is 7.47. The Morgan fingerprint density at radius 1 is 1.11 bits per heavy atom. The molecule has 0 unspecified atom stereocenters. The van der Waals surface area contributed by atoms with E-state index in [9.17, 15) is 23.1 Å². The third-order valence-electron chi connectivity index (χ3n) is 4.18. The van der Waals surface area contributed by atoms with Gasteiger partial charge < -0.3 is 10.0 Å². The Bertz CT molecular complexity index is 998. The van der Waals surface area contributed by atoms with Crippen molar-refractivity contribution in [1.82, 2.24) is 4.72 Å². The monoisotopic (exact) mass is 428 g/mol. The minimum absolute atomic E-state index is 0.0259. The Kier molecular flexibility index (Phi) is 5.43. The second-order valence-corrected chi connectivity index (χ2v) is 8.43. The third-order valence-corrected chi connectivity index (χ3v) is 6.36. The van der Waals surface area contributed by atoms with E-state index in [2.05, 4.69) is 4.72 Å². The van der Waals surface area contributed by atoms with E-state index in [0.29, 0.717) is 5.69 Å². The highest BCUT2D eigenvalue weighted by molar-refractivity contribution is 7.89. The van der Waals surface area contributed by atoms with Crippen LogP contribution in [0.25, 0.3) is 0 Å². The van der Waals surface area contributed by atoms with Crippen LogP contribution in [0.15, 0.2) is 53.4 Å². The molecular weight excluding hydrogens is 415 g/mol. The van der Waals surface area contributed by atoms with Crippen molar-refractivity contribution in [2.24, 2.45) is 5.92 Å². The fraction of sp³-hybridized carbons (Fsp3) is 0.176. The molecule has 1 aliphatic rings. The van der Waals surface area contributed by atoms with Crippen LogP contribution in [0.1, 0.15) is 0 Å². The van der Waals surface area contributed by atoms with Gasteiger partial charge in [-0.2, -0.15) is 4.72 Å². The number of carbonyl (C=O) groups excluding carboxylic acids is 1. The first-order valence-corrected chi connectivity index (χ1v) is 10.0. The normalized spacial score (nSPS) is 20.1. The van der Waals surface area contributed by atoms with E-state index in [4.69, 9.17) is 23.2 Å². The minimum Gasteiger partial charge on any atom is -0.481 e. The highest BCUT2D eigenvalue weighted by Crippen LogP contribution is 2.28. The molecule has 0 radical (unpaired) electrons. The molecule has 0 aromatic heterocycles. The predicted molar refractivity (Wildman–Crippen MR) is 100 cm³/mol. The lowest BCUT2D eigenvalue weighted by molar-refractivity contribution is -0.142. The highest BCUT2D eigenvalue weighted by Gasteiger charge is 2.47. The first-order chi connectivity index (χ1) is 12.7. The van der Waals surface area contributed by atoms with E-state index >= 15 is 0 Å². The fourth-order valence-corrected chi connectivity index (χ4v) is 4.42. The van der Waals surface area contributed by atoms with E-state index in [-0.39, 0.29) is 21.5 Å². The molecule has 0 bridgehead atoms. The van der Waals surface area contributed by atoms with Gasteiger partial charge in [-0.1, -0.05) is 41.4 Å². The summed E-state index contributed by atoms with van der Waals surface area (Å²) in [6.07, 6.45) is 0. The van der Waals surface area contributed by atoms with Crippen LogP contribution in [0.2, 0.25) is 10.0 Å². The summed E-state index contributed by atoms with van der Waals surface area (Å²) in [5.74, 6) is -3.16. The number of carboxylic acid groups (broad SMARTS) is 1. The lowest BCUT2D eigenvalue weighted by Gasteiger charge is -2.17. The van der Waals surface area contributed by atoms with Gasteiger partial charge in [0.1, 0.15) is 6.04 Å². The Morgan fingerprint density at radius 2 is 1.78 bits per heavy atom. The van der Waals surface area contributed by atoms with Gasteiger partial charge in [-0.3, -0.25) is 9.59 Å². The van der Waals surface area contributed by atoms with Crippen LogP contribution in [0.4, 0.5) is 5.69 Å². The highest BCUT2D eigenvalue weighted by atomic mass is 35.5. The number of carboxylic acids is 1. The molecular formula is C17H14Cl2N2O5S. The fourth-order valence-electron chi connectivity index (χ4n) is 2.81. The summed E-state index contributed by atoms with van der Waals surface area (Å²) in [5.41, 5.74) is 0.491. The maximum absolute atomic E-state index is 12.7. The number of nitrogens with zero attached hydrogens (tertiary/aromatic N) is 1. The average molecular weight is 429 g/mol. The summed E-state index contributed by atoms with van der Waals surface area (Å²) >= 11 is 11.6. The lowest BCUT2D eigenvalue weighted by atomic mass is 10.1. The van der Waals surface area contributed by atoms with Crippen LogP contribution in [0.5, 0.6) is 0 Å². The Labute approximate surface area is 165 Å². The average Bonchev–Trinajstić information content (AvgIpc) is 2.94. The molecule has 2 aromatic carbocycles. The number of anilines is 1. The van der Waals surface area contributed by atoms with E-state index in [1.54, 1.807) is 30.3 Å². The zero-order chi connectivity index (χ0) is 19.8. The second-order valence-electron chi connectivity index (χ2n) is 5.90. The van der Waals surface area contributed by atoms with Crippen molar-refractivity contribution in [3.63, 3.8) is 0 Å². The van der Waals surface area contributed by atoms with Gasteiger partial charge in [-0.05, 0) is 30.3 Å². The van der Waals surface area contributed by atoms with Gasteiger partial charge in [0.05, 0.1) is 20.9 Å². The summed E-state index contributed by atoms with van der Waals surface area (Å²) in [6.45, 7) is -0.146. The quantitative estimate of drug-likeness (QED) is 0.760. The molecule has 1 fully saturated rings. The molecule has 7 nitrogen and oxygen atoms in total. The summed E-state index contributed by atoms with van der Waals surface area (Å²) in [7, 11) is -4.19. The van der Waals surface area contributed by atoms with Crippen molar-refractivity contribution in [2.75, 3.05) is 11.4 Å². The molecule has 1 heterocycles. The number of benzene rings is 2. The minimum atomic E-state index is -4.19. The van der Waals surface area contributed by atoms with Crippen molar-refractivity contribution in [3.8, 4) is 0 Å². The number of aliphatic carboxylic acids is 1. The number of halogens is 2. The maximum atomic E-state index is 12.7. The molecule has 1 amide bonds. The lowest BCUT2D eigenvalue weighted by Crippen LogP contribution is -2.45. The molecule has 0 saturated carbocycles. The first-order valence-electron chi connectivity index (χ1n) is 7.77. The molecule has 1 saturated heterocycles. The number of rotatable bonds is 5. The van der Waals surface area contributed by atoms with Crippen molar-refractivity contribution < 1.29 is 23.1 Å². The number of hydrogen-bond donors (Lipinski definition) is 2. The van der Waals surface area contributed by atoms with Gasteiger partial charge in [0.2, 0.25) is 15.9 Å². The molecule has 1 aliphatic heterocycles. The van der Waals surface area contributed by atoms with Crippen LogP contribution in [-0.2, 0) is 19.6 Å². The van der Waals surface area contributed by atoms with Crippen molar-refractivity contribution in [3.05, 3.63) is 58.6 Å². The van der Waals surface area contributed by atoms with Gasteiger partial charge in [-0.15, -0.1) is 0 Å². The molecule has 2 aromatic rings. The number of para-hydroxylation sites is 1. The smallest absolute Gasteiger partial charge is 0.310 e. The Morgan fingerprint density at radius 3 is 2.37 bits per heavy atom. The number of hydrogen-bond acceptors (Lipinski definition) is 4. The predicted octanol–water partition coefficient (Wildman–Crippen LogP) is 2.39. The van der Waals surface area contributed by atoms with Crippen LogP contribution >= 0.6 is 23.2 Å². The zero-order valence-corrected chi connectivity index (χ0v) is 16.0. The summed E-state index contributed by atoms with van der Waals surface area (Å²) in [5, 5.41) is 9.66. The third kappa shape index (κ3) is 3.93. The van der Waals surface area contributed by atoms with Gasteiger partial charge >= 0.3 is 5.97 Å². The van der Waals surface area contributed by atoms with Crippen LogP contribution in [0.3, 0.4) is 0 Å². The van der Waals surface area contributed by atoms with E-state index in [1.165, 1.54) is 17.0 Å². The summed E-state index contributed by atoms with van der Waals surface area (Å²) in [4.78, 5) is 25.4. The van der Waals surface area contributed by atoms with E-state index in [0.717, 1.165) is 6.07 Å². The van der Waals surface area contributed by atoms with Gasteiger partial charge in [0.15, 0.2) is 0 Å². The molecule has 3 rings (SSSR count). The largest absolute Gasteiger partial charge is 0.481 e. The van der Waals surface area contributed by atoms with Crippen molar-refractivity contribution in [2.45, 2.75) is 10.9 Å². The number of sulfonamides is 1. The SMILES string of the molecule is O=C(O)[C@@H]1CN(c2ccccc2)C(=O)[C@@H]1NS(=O)(=O)c1ccc(Cl)c(Cl)c1. The first kappa shape index (κ1) is 19.6. The van der Waals surface area contributed by atoms with E-state index in [1.807, 2.05) is 0 Å². The standard InChI is InChI=1S/C17H14Cl2N2O5S/c18-13-7-6-11(8-14(13)19)27(25,26)20-15-12(17(23)24)9-21(16(15)22)10-4-2-1-3-5-10/h1-8,12,15,20H,9H2,(H,23,24)/t12-,15-/m1/s1. The summed E-state index contributed by atoms with van der Waals surface area (Å²) < 4.78 is 27.5. The van der Waals surface area contributed by atoms with Gasteiger partial charge in [0.25, 0.3) is 0 Å². The zero-order valence-electron chi connectivity index (χ0n) is 13.7. The van der Waals surface area contributed by atoms with Crippen LogP contribution in [-0.4, -0.2) is 38.0 Å². The number of carbonyl (C=O) groups is 2. The van der Waals surface area contributed by atoms with Gasteiger partial charge in [0, 0.05) is 12.2 Å². The summed E-state index contributed by atoms with van der Waals surface area (Å²) in [6, 6.07) is 10.7. The molecule has 10 heteroatoms.